The van der Waals surface area contributed by atoms with Crippen molar-refractivity contribution in [3.05, 3.63) is 71.5 Å². The zero-order valence-corrected chi connectivity index (χ0v) is 26.5. The minimum absolute atomic E-state index is 0.0549. The Balaban J connectivity index is 1.41. The fraction of sp³-hybridized carbons (Fsp3) is 0.344. The van der Waals surface area contributed by atoms with Crippen molar-refractivity contribution in [3.8, 4) is 23.3 Å². The van der Waals surface area contributed by atoms with Gasteiger partial charge in [-0.1, -0.05) is 0 Å². The second kappa shape index (κ2) is 15.0. The van der Waals surface area contributed by atoms with E-state index in [9.17, 15) is 14.4 Å². The van der Waals surface area contributed by atoms with Crippen molar-refractivity contribution in [3.63, 3.8) is 0 Å². The zero-order chi connectivity index (χ0) is 34.1. The number of nitrogen functional groups attached to an aromatic ring is 2. The van der Waals surface area contributed by atoms with E-state index in [1.54, 1.807) is 73.0 Å². The summed E-state index contributed by atoms with van der Waals surface area (Å²) >= 11 is 0. The van der Waals surface area contributed by atoms with Crippen molar-refractivity contribution in [1.82, 2.24) is 25.1 Å². The van der Waals surface area contributed by atoms with Gasteiger partial charge in [0, 0.05) is 86.4 Å². The summed E-state index contributed by atoms with van der Waals surface area (Å²) in [6, 6.07) is 11.0. The van der Waals surface area contributed by atoms with Gasteiger partial charge in [-0.25, -0.2) is 14.8 Å². The molecule has 3 aromatic rings. The molecule has 0 unspecified atom stereocenters. The fourth-order valence-electron chi connectivity index (χ4n) is 4.50. The van der Waals surface area contributed by atoms with Crippen molar-refractivity contribution in [2.24, 2.45) is 11.5 Å². The summed E-state index contributed by atoms with van der Waals surface area (Å²) in [7, 11) is 0. The number of carbonyl (C=O) groups excluding carboxylic acids is 3. The van der Waals surface area contributed by atoms with Crippen LogP contribution in [0.25, 0.3) is 0 Å². The molecule has 15 heteroatoms. The molecule has 1 aliphatic rings. The first-order valence-electron chi connectivity index (χ1n) is 14.9. The van der Waals surface area contributed by atoms with E-state index >= 15 is 0 Å². The summed E-state index contributed by atoms with van der Waals surface area (Å²) in [5.41, 5.74) is 11.6. The third-order valence-corrected chi connectivity index (χ3v) is 6.82. The molecule has 3 amide bonds. The van der Waals surface area contributed by atoms with E-state index in [2.05, 4.69) is 15.3 Å². The molecule has 0 bridgehead atoms. The molecule has 248 valence electrons. The van der Waals surface area contributed by atoms with E-state index in [1.807, 2.05) is 0 Å². The Morgan fingerprint density at radius 3 is 1.77 bits per heavy atom. The molecule has 0 atom stereocenters. The molecule has 0 aliphatic carbocycles. The number of hydrogen-bond donors (Lipinski definition) is 5. The van der Waals surface area contributed by atoms with Crippen molar-refractivity contribution in [2.45, 2.75) is 39.2 Å². The molecular formula is C32H39N9O6. The molecule has 7 N–H and O–H groups in total. The molecule has 1 fully saturated rings. The zero-order valence-electron chi connectivity index (χ0n) is 26.5. The van der Waals surface area contributed by atoms with Gasteiger partial charge in [-0.05, 0) is 51.5 Å². The quantitative estimate of drug-likeness (QED) is 0.116. The van der Waals surface area contributed by atoms with Gasteiger partial charge in [-0.15, -0.1) is 0 Å². The van der Waals surface area contributed by atoms with E-state index in [1.165, 1.54) is 12.4 Å². The summed E-state index contributed by atoms with van der Waals surface area (Å²) in [4.78, 5) is 50.0. The number of carbonyl (C=O) groups is 3. The molecule has 1 saturated heterocycles. The molecular weight excluding hydrogens is 606 g/mol. The molecule has 47 heavy (non-hydrogen) atoms. The van der Waals surface area contributed by atoms with Crippen molar-refractivity contribution in [2.75, 3.05) is 32.7 Å². The van der Waals surface area contributed by atoms with Crippen LogP contribution in [0.15, 0.2) is 54.9 Å². The van der Waals surface area contributed by atoms with Crippen molar-refractivity contribution < 1.29 is 28.6 Å². The number of piperazine rings is 1. The van der Waals surface area contributed by atoms with Crippen LogP contribution in [0.2, 0.25) is 0 Å². The Hall–Kier alpha value is -5.73. The standard InChI is InChI=1S/C32H39N9O6/c1-32(2,3)47-31(44)37-10-4-5-27(42)40-11-13-41(14-12-40)30(43)22-15-23(45-25-8-6-20(18-38-25)28(33)34)17-24(16-22)46-26-9-7-21(19-39-26)29(35)36/h6-9,15-19H,4-5,10-14H2,1-3H3,(H3,33,34)(H3,35,36)(H,37,44). The largest absolute Gasteiger partial charge is 0.444 e. The van der Waals surface area contributed by atoms with Crippen molar-refractivity contribution in [1.29, 1.82) is 10.8 Å². The van der Waals surface area contributed by atoms with E-state index in [0.717, 1.165) is 0 Å². The Labute approximate surface area is 272 Å². The highest BCUT2D eigenvalue weighted by Gasteiger charge is 2.26. The summed E-state index contributed by atoms with van der Waals surface area (Å²) in [6.45, 7) is 7.03. The number of aromatic nitrogens is 2. The summed E-state index contributed by atoms with van der Waals surface area (Å²) in [5, 5.41) is 17.8. The van der Waals surface area contributed by atoms with Gasteiger partial charge in [0.1, 0.15) is 28.8 Å². The minimum Gasteiger partial charge on any atom is -0.444 e. The lowest BCUT2D eigenvalue weighted by Gasteiger charge is -2.35. The number of alkyl carbamates (subject to hydrolysis) is 1. The molecule has 0 spiro atoms. The molecule has 2 aromatic heterocycles. The smallest absolute Gasteiger partial charge is 0.407 e. The highest BCUT2D eigenvalue weighted by Crippen LogP contribution is 2.30. The number of nitrogens with zero attached hydrogens (tertiary/aromatic N) is 4. The van der Waals surface area contributed by atoms with Gasteiger partial charge < -0.3 is 40.8 Å². The number of nitrogens with two attached hydrogens (primary N) is 2. The first-order valence-corrected chi connectivity index (χ1v) is 14.9. The predicted octanol–water partition coefficient (Wildman–Crippen LogP) is 3.22. The average Bonchev–Trinajstić information content (AvgIpc) is 3.02. The maximum Gasteiger partial charge on any atom is 0.407 e. The fourth-order valence-corrected chi connectivity index (χ4v) is 4.50. The van der Waals surface area contributed by atoms with E-state index in [-0.39, 0.29) is 58.7 Å². The highest BCUT2D eigenvalue weighted by molar-refractivity contribution is 5.96. The van der Waals surface area contributed by atoms with Gasteiger partial charge in [0.15, 0.2) is 0 Å². The molecule has 1 aromatic carbocycles. The Kier molecular flexibility index (Phi) is 10.9. The number of amides is 3. The molecule has 0 saturated carbocycles. The maximum atomic E-state index is 13.7. The Bertz CT molecular complexity index is 1540. The van der Waals surface area contributed by atoms with E-state index in [4.69, 9.17) is 36.5 Å². The first-order chi connectivity index (χ1) is 22.3. The number of rotatable bonds is 11. The Morgan fingerprint density at radius 2 is 1.32 bits per heavy atom. The highest BCUT2D eigenvalue weighted by atomic mass is 16.6. The van der Waals surface area contributed by atoms with Crippen LogP contribution in [-0.2, 0) is 9.53 Å². The van der Waals surface area contributed by atoms with Gasteiger partial charge in [-0.3, -0.25) is 20.4 Å². The number of ether oxygens (including phenoxy) is 3. The Morgan fingerprint density at radius 1 is 0.809 bits per heavy atom. The molecule has 3 heterocycles. The topological polar surface area (TPSA) is 223 Å². The molecule has 15 nitrogen and oxygen atoms in total. The van der Waals surface area contributed by atoms with Gasteiger partial charge >= 0.3 is 6.09 Å². The third kappa shape index (κ3) is 10.1. The first kappa shape index (κ1) is 34.1. The van der Waals surface area contributed by atoms with Crippen LogP contribution >= 0.6 is 0 Å². The molecule has 4 rings (SSSR count). The SMILES string of the molecule is CC(C)(C)OC(=O)NCCCC(=O)N1CCN(C(=O)c2cc(Oc3ccc(C(=N)N)cn3)cc(Oc3ccc(C(=N)N)cn3)c2)CC1. The lowest BCUT2D eigenvalue weighted by Crippen LogP contribution is -2.50. The number of hydrogen-bond acceptors (Lipinski definition) is 10. The second-order valence-corrected chi connectivity index (χ2v) is 11.7. The average molecular weight is 646 g/mol. The van der Waals surface area contributed by atoms with Gasteiger partial charge in [0.2, 0.25) is 17.7 Å². The summed E-state index contributed by atoms with van der Waals surface area (Å²) in [6.07, 6.45) is 3.01. The monoisotopic (exact) mass is 645 g/mol. The summed E-state index contributed by atoms with van der Waals surface area (Å²) < 4.78 is 17.1. The van der Waals surface area contributed by atoms with Crippen LogP contribution in [0, 0.1) is 10.8 Å². The third-order valence-electron chi connectivity index (χ3n) is 6.82. The van der Waals surface area contributed by atoms with Gasteiger partial charge in [-0.2, -0.15) is 0 Å². The summed E-state index contributed by atoms with van der Waals surface area (Å²) in [5.74, 6) is 0.353. The minimum atomic E-state index is -0.596. The normalized spacial score (nSPS) is 13.0. The lowest BCUT2D eigenvalue weighted by atomic mass is 10.1. The van der Waals surface area contributed by atoms with E-state index < -0.39 is 11.7 Å². The lowest BCUT2D eigenvalue weighted by molar-refractivity contribution is -0.132. The van der Waals surface area contributed by atoms with Crippen LogP contribution in [0.4, 0.5) is 4.79 Å². The van der Waals surface area contributed by atoms with Gasteiger partial charge in [0.25, 0.3) is 5.91 Å². The van der Waals surface area contributed by atoms with E-state index in [0.29, 0.717) is 50.3 Å². The molecule has 0 radical (unpaired) electrons. The maximum absolute atomic E-state index is 13.7. The van der Waals surface area contributed by atoms with Crippen molar-refractivity contribution >= 4 is 29.6 Å². The van der Waals surface area contributed by atoms with Crippen LogP contribution in [0.5, 0.6) is 23.3 Å². The van der Waals surface area contributed by atoms with Crippen LogP contribution in [0.1, 0.15) is 55.1 Å². The van der Waals surface area contributed by atoms with Gasteiger partial charge in [0.05, 0.1) is 0 Å². The predicted molar refractivity (Wildman–Crippen MR) is 173 cm³/mol. The number of benzene rings is 1. The van der Waals surface area contributed by atoms with Crippen LogP contribution in [-0.4, -0.2) is 87.7 Å². The van der Waals surface area contributed by atoms with Crippen LogP contribution in [0.3, 0.4) is 0 Å². The second-order valence-electron chi connectivity index (χ2n) is 11.7. The number of amidine groups is 2. The molecule has 1 aliphatic heterocycles. The number of pyridine rings is 2. The number of nitrogens with one attached hydrogen (secondary N) is 3. The van der Waals surface area contributed by atoms with Crippen LogP contribution < -0.4 is 26.3 Å².